The van der Waals surface area contributed by atoms with Gasteiger partial charge in [-0.2, -0.15) is 0 Å². The summed E-state index contributed by atoms with van der Waals surface area (Å²) in [6, 6.07) is 0. The minimum absolute atomic E-state index is 0.0430. The second kappa shape index (κ2) is 3.15. The lowest BCUT2D eigenvalue weighted by atomic mass is 10.1. The number of hydrogen-bond donors (Lipinski definition) is 0. The molecule has 0 aromatic heterocycles. The molecule has 1 aliphatic heterocycles. The fraction of sp³-hybridized carbons (Fsp3) is 0.833. The maximum absolute atomic E-state index is 10.9. The summed E-state index contributed by atoms with van der Waals surface area (Å²) in [5.74, 6) is 0.464. The van der Waals surface area contributed by atoms with Crippen LogP contribution in [0.5, 0.6) is 0 Å². The van der Waals surface area contributed by atoms with Crippen LogP contribution < -0.4 is 0 Å². The van der Waals surface area contributed by atoms with Crippen LogP contribution in [0.4, 0.5) is 0 Å². The highest BCUT2D eigenvalue weighted by atomic mass is 32.2. The number of sulfone groups is 1. The van der Waals surface area contributed by atoms with Crippen molar-refractivity contribution in [1.29, 1.82) is 0 Å². The van der Waals surface area contributed by atoms with Crippen LogP contribution in [0.25, 0.3) is 0 Å². The van der Waals surface area contributed by atoms with Gasteiger partial charge in [0.15, 0.2) is 9.84 Å². The van der Waals surface area contributed by atoms with Crippen molar-refractivity contribution >= 4 is 15.9 Å². The van der Waals surface area contributed by atoms with Gasteiger partial charge >= 0.3 is 0 Å². The van der Waals surface area contributed by atoms with E-state index in [1.165, 1.54) is 6.08 Å². The van der Waals surface area contributed by atoms with Crippen molar-refractivity contribution in [3.8, 4) is 0 Å². The Labute approximate surface area is 65.2 Å². The van der Waals surface area contributed by atoms with Gasteiger partial charge in [0.05, 0.1) is 18.1 Å². The topological polar surface area (TPSA) is 63.6 Å². The number of isocyanates is 1. The third kappa shape index (κ3) is 2.44. The zero-order chi connectivity index (χ0) is 8.32. The van der Waals surface area contributed by atoms with E-state index in [-0.39, 0.29) is 17.4 Å². The van der Waals surface area contributed by atoms with E-state index < -0.39 is 9.84 Å². The van der Waals surface area contributed by atoms with Gasteiger partial charge in [0.25, 0.3) is 0 Å². The Bertz CT molecular complexity index is 276. The molecule has 5 heteroatoms. The zero-order valence-electron chi connectivity index (χ0n) is 5.99. The smallest absolute Gasteiger partial charge is 0.229 e. The zero-order valence-corrected chi connectivity index (χ0v) is 6.80. The number of carbonyl (C=O) groups excluding carboxylic acids is 1. The van der Waals surface area contributed by atoms with Crippen molar-refractivity contribution in [1.82, 2.24) is 0 Å². The molecule has 0 saturated carbocycles. The monoisotopic (exact) mass is 175 g/mol. The van der Waals surface area contributed by atoms with Gasteiger partial charge in [0.2, 0.25) is 6.08 Å². The number of rotatable bonds is 2. The van der Waals surface area contributed by atoms with Gasteiger partial charge in [0.1, 0.15) is 0 Å². The molecule has 1 heterocycles. The van der Waals surface area contributed by atoms with E-state index in [9.17, 15) is 13.2 Å². The first-order valence-electron chi connectivity index (χ1n) is 3.38. The molecule has 11 heavy (non-hydrogen) atoms. The van der Waals surface area contributed by atoms with Gasteiger partial charge in [0, 0.05) is 0 Å². The molecular formula is C6H9NO3S. The van der Waals surface area contributed by atoms with Crippen molar-refractivity contribution in [2.24, 2.45) is 10.9 Å². The van der Waals surface area contributed by atoms with E-state index in [4.69, 9.17) is 0 Å². The minimum atomic E-state index is -2.82. The summed E-state index contributed by atoms with van der Waals surface area (Å²) in [4.78, 5) is 13.0. The van der Waals surface area contributed by atoms with Crippen molar-refractivity contribution in [3.63, 3.8) is 0 Å². The summed E-state index contributed by atoms with van der Waals surface area (Å²) in [6.45, 7) is 0.308. The summed E-state index contributed by atoms with van der Waals surface area (Å²) in [5, 5.41) is 0. The third-order valence-corrected chi connectivity index (χ3v) is 3.58. The van der Waals surface area contributed by atoms with Gasteiger partial charge in [-0.3, -0.25) is 0 Å². The molecule has 0 spiro atoms. The van der Waals surface area contributed by atoms with E-state index in [2.05, 4.69) is 4.99 Å². The van der Waals surface area contributed by atoms with Crippen LogP contribution in [0.15, 0.2) is 4.99 Å². The van der Waals surface area contributed by atoms with Gasteiger partial charge in [-0.05, 0) is 12.3 Å². The van der Waals surface area contributed by atoms with Crippen LogP contribution in [0.2, 0.25) is 0 Å². The summed E-state index contributed by atoms with van der Waals surface area (Å²) in [7, 11) is -2.82. The van der Waals surface area contributed by atoms with Gasteiger partial charge in [-0.15, -0.1) is 0 Å². The quantitative estimate of drug-likeness (QED) is 0.429. The summed E-state index contributed by atoms with van der Waals surface area (Å²) >= 11 is 0. The first-order valence-corrected chi connectivity index (χ1v) is 5.20. The van der Waals surface area contributed by atoms with E-state index in [0.29, 0.717) is 13.0 Å². The van der Waals surface area contributed by atoms with Crippen LogP contribution >= 0.6 is 0 Å². The Morgan fingerprint density at radius 2 is 2.27 bits per heavy atom. The molecule has 1 fully saturated rings. The molecule has 0 N–H and O–H groups in total. The average molecular weight is 175 g/mol. The molecule has 1 unspecified atom stereocenters. The average Bonchev–Trinajstić information content (AvgIpc) is 2.26. The molecule has 0 aromatic rings. The van der Waals surface area contributed by atoms with Crippen LogP contribution in [0.1, 0.15) is 6.42 Å². The van der Waals surface area contributed by atoms with Crippen LogP contribution in [-0.2, 0) is 14.6 Å². The molecule has 0 radical (unpaired) electrons. The van der Waals surface area contributed by atoms with E-state index >= 15 is 0 Å². The Kier molecular flexibility index (Phi) is 2.42. The van der Waals surface area contributed by atoms with Gasteiger partial charge in [-0.1, -0.05) is 0 Å². The van der Waals surface area contributed by atoms with Crippen molar-refractivity contribution < 1.29 is 13.2 Å². The Morgan fingerprint density at radius 3 is 2.73 bits per heavy atom. The number of hydrogen-bond acceptors (Lipinski definition) is 4. The molecule has 0 amide bonds. The molecule has 4 nitrogen and oxygen atoms in total. The van der Waals surface area contributed by atoms with Gasteiger partial charge < -0.3 is 0 Å². The SMILES string of the molecule is O=C=NCC1CCS(=O)(=O)C1. The molecule has 1 aliphatic rings. The largest absolute Gasteiger partial charge is 0.234 e. The predicted molar refractivity (Wildman–Crippen MR) is 39.7 cm³/mol. The minimum Gasteiger partial charge on any atom is -0.229 e. The Morgan fingerprint density at radius 1 is 1.55 bits per heavy atom. The third-order valence-electron chi connectivity index (χ3n) is 1.74. The molecule has 62 valence electrons. The second-order valence-corrected chi connectivity index (χ2v) is 4.93. The standard InChI is InChI=1S/C6H9NO3S/c8-5-7-3-6-1-2-11(9,10)4-6/h6H,1-4H2. The Hall–Kier alpha value is -0.670. The molecule has 1 saturated heterocycles. The summed E-state index contributed by atoms with van der Waals surface area (Å²) < 4.78 is 21.7. The number of nitrogens with zero attached hydrogens (tertiary/aromatic N) is 1. The van der Waals surface area contributed by atoms with Crippen molar-refractivity contribution in [2.45, 2.75) is 6.42 Å². The summed E-state index contributed by atoms with van der Waals surface area (Å²) in [5.41, 5.74) is 0. The number of aliphatic imine (C=N–C) groups is 1. The van der Waals surface area contributed by atoms with Crippen LogP contribution in [0.3, 0.4) is 0 Å². The second-order valence-electron chi connectivity index (χ2n) is 2.70. The first kappa shape index (κ1) is 8.43. The lowest BCUT2D eigenvalue weighted by Crippen LogP contribution is -2.07. The lowest BCUT2D eigenvalue weighted by Gasteiger charge is -1.98. The van der Waals surface area contributed by atoms with Crippen LogP contribution in [-0.4, -0.2) is 32.5 Å². The normalized spacial score (nSPS) is 27.8. The van der Waals surface area contributed by atoms with E-state index in [1.54, 1.807) is 0 Å². The lowest BCUT2D eigenvalue weighted by molar-refractivity contribution is 0.553. The summed E-state index contributed by atoms with van der Waals surface area (Å²) in [6.07, 6.45) is 2.03. The van der Waals surface area contributed by atoms with Crippen molar-refractivity contribution in [3.05, 3.63) is 0 Å². The van der Waals surface area contributed by atoms with Crippen LogP contribution in [0, 0.1) is 5.92 Å². The molecule has 1 atom stereocenters. The van der Waals surface area contributed by atoms with Crippen molar-refractivity contribution in [2.75, 3.05) is 18.1 Å². The maximum atomic E-state index is 10.9. The highest BCUT2D eigenvalue weighted by Gasteiger charge is 2.27. The van der Waals surface area contributed by atoms with E-state index in [0.717, 1.165) is 0 Å². The van der Waals surface area contributed by atoms with Gasteiger partial charge in [-0.25, -0.2) is 18.2 Å². The molecule has 1 rings (SSSR count). The fourth-order valence-electron chi connectivity index (χ4n) is 1.18. The molecule has 0 bridgehead atoms. The molecule has 0 aromatic carbocycles. The maximum Gasteiger partial charge on any atom is 0.234 e. The highest BCUT2D eigenvalue weighted by Crippen LogP contribution is 2.17. The Balaban J connectivity index is 2.49. The predicted octanol–water partition coefficient (Wildman–Crippen LogP) is -0.243. The fourth-order valence-corrected chi connectivity index (χ4v) is 3.03. The highest BCUT2D eigenvalue weighted by molar-refractivity contribution is 7.91. The molecular weight excluding hydrogens is 166 g/mol. The first-order chi connectivity index (χ1) is 5.14. The van der Waals surface area contributed by atoms with E-state index in [1.807, 2.05) is 0 Å². The molecule has 0 aliphatic carbocycles.